The van der Waals surface area contributed by atoms with Gasteiger partial charge in [0, 0.05) is 11.3 Å². The largest absolute Gasteiger partial charge is 0.507 e. The Kier molecular flexibility index (Phi) is 6.78. The summed E-state index contributed by atoms with van der Waals surface area (Å²) in [6.07, 6.45) is -0.970. The number of allylic oxidation sites excluding steroid dienone is 2. The predicted octanol–water partition coefficient (Wildman–Crippen LogP) is 2.79. The molecule has 0 fully saturated rings. The van der Waals surface area contributed by atoms with Crippen LogP contribution in [-0.4, -0.2) is 33.4 Å². The lowest BCUT2D eigenvalue weighted by Gasteiger charge is -2.14. The maximum absolute atomic E-state index is 14.7. The van der Waals surface area contributed by atoms with Gasteiger partial charge in [-0.3, -0.25) is 10.2 Å². The van der Waals surface area contributed by atoms with Crippen LogP contribution in [0.5, 0.6) is 11.5 Å². The molecular weight excluding hydrogens is 403 g/mol. The number of methoxy groups -OCH3 is 1. The molecular formula is C19H20ClFN4O4. The quantitative estimate of drug-likeness (QED) is 0.453. The molecule has 2 rings (SSSR count). The number of aliphatic hydroxyl groups is 1. The molecule has 154 valence electrons. The minimum atomic E-state index is -0.970. The summed E-state index contributed by atoms with van der Waals surface area (Å²) in [5, 5.41) is 29.3. The Morgan fingerprint density at radius 1 is 1.41 bits per heavy atom. The van der Waals surface area contributed by atoms with Crippen LogP contribution in [0.25, 0.3) is 11.3 Å². The van der Waals surface area contributed by atoms with E-state index in [9.17, 15) is 19.4 Å². The van der Waals surface area contributed by atoms with E-state index < -0.39 is 28.7 Å². The fraction of sp³-hybridized carbons (Fsp3) is 0.211. The molecule has 1 aromatic heterocycles. The van der Waals surface area contributed by atoms with Crippen molar-refractivity contribution in [3.63, 3.8) is 0 Å². The Hall–Kier alpha value is -3.17. The van der Waals surface area contributed by atoms with E-state index in [0.717, 1.165) is 12.1 Å². The highest BCUT2D eigenvalue weighted by molar-refractivity contribution is 6.68. The van der Waals surface area contributed by atoms with Crippen LogP contribution in [-0.2, 0) is 0 Å². The molecule has 1 unspecified atom stereocenters. The Bertz CT molecular complexity index is 1000. The van der Waals surface area contributed by atoms with E-state index in [4.69, 9.17) is 27.5 Å². The maximum atomic E-state index is 14.7. The van der Waals surface area contributed by atoms with Crippen molar-refractivity contribution in [3.05, 3.63) is 52.7 Å². The molecule has 0 aliphatic rings. The van der Waals surface area contributed by atoms with E-state index in [1.165, 1.54) is 33.1 Å². The third kappa shape index (κ3) is 4.82. The first-order valence-corrected chi connectivity index (χ1v) is 8.72. The highest BCUT2D eigenvalue weighted by atomic mass is 35.5. The van der Waals surface area contributed by atoms with Crippen LogP contribution >= 0.6 is 11.6 Å². The molecule has 0 spiro atoms. The zero-order chi connectivity index (χ0) is 21.9. The molecule has 2 aromatic rings. The van der Waals surface area contributed by atoms with E-state index in [-0.39, 0.29) is 33.9 Å². The van der Waals surface area contributed by atoms with Crippen molar-refractivity contribution in [2.45, 2.75) is 20.0 Å². The van der Waals surface area contributed by atoms with Gasteiger partial charge in [0.2, 0.25) is 0 Å². The van der Waals surface area contributed by atoms with Crippen LogP contribution in [0, 0.1) is 11.2 Å². The van der Waals surface area contributed by atoms with Crippen molar-refractivity contribution < 1.29 is 24.1 Å². The number of nitrogens with zero attached hydrogens (tertiary/aromatic N) is 1. The molecule has 8 nitrogen and oxygen atoms in total. The molecule has 0 saturated carbocycles. The van der Waals surface area contributed by atoms with Gasteiger partial charge in [0.05, 0.1) is 30.2 Å². The number of carbonyl (C=O) groups is 1. The number of pyridine rings is 1. The summed E-state index contributed by atoms with van der Waals surface area (Å²) in [6, 6.07) is 4.83. The number of aromatic hydroxyl groups is 1. The standard InChI is InChI=1S/C19H20ClFN4O4/c1-8(22)16(18(20)23)25-19(28)11-6-12(21)10(7-14(11)27)13-4-5-15(29-3)17(24-13)9(2)26/h4-7,9,23,26-27H,22H2,1-3H3,(H,25,28). The Morgan fingerprint density at radius 3 is 2.59 bits per heavy atom. The first-order valence-electron chi connectivity index (χ1n) is 8.34. The van der Waals surface area contributed by atoms with Gasteiger partial charge >= 0.3 is 0 Å². The van der Waals surface area contributed by atoms with E-state index in [1.807, 2.05) is 0 Å². The fourth-order valence-corrected chi connectivity index (χ4v) is 2.73. The number of hydrogen-bond acceptors (Lipinski definition) is 7. The van der Waals surface area contributed by atoms with Gasteiger partial charge in [-0.05, 0) is 38.1 Å². The van der Waals surface area contributed by atoms with Gasteiger partial charge in [-0.25, -0.2) is 9.37 Å². The highest BCUT2D eigenvalue weighted by Crippen LogP contribution is 2.32. The van der Waals surface area contributed by atoms with E-state index in [1.54, 1.807) is 0 Å². The van der Waals surface area contributed by atoms with Gasteiger partial charge in [-0.1, -0.05) is 11.6 Å². The number of nitrogens with two attached hydrogens (primary N) is 1. The van der Waals surface area contributed by atoms with Crippen LogP contribution in [0.2, 0.25) is 0 Å². The maximum Gasteiger partial charge on any atom is 0.259 e. The van der Waals surface area contributed by atoms with Crippen LogP contribution in [0.1, 0.15) is 36.0 Å². The summed E-state index contributed by atoms with van der Waals surface area (Å²) in [5.41, 5.74) is 5.33. The number of phenols is 1. The number of rotatable bonds is 6. The van der Waals surface area contributed by atoms with Crippen LogP contribution < -0.4 is 15.8 Å². The van der Waals surface area contributed by atoms with E-state index in [0.29, 0.717) is 5.75 Å². The molecule has 0 aliphatic carbocycles. The van der Waals surface area contributed by atoms with Crippen molar-refractivity contribution in [2.75, 3.05) is 7.11 Å². The summed E-state index contributed by atoms with van der Waals surface area (Å²) in [5.74, 6) is -1.93. The number of hydrogen-bond donors (Lipinski definition) is 5. The van der Waals surface area contributed by atoms with Gasteiger partial charge in [-0.2, -0.15) is 0 Å². The van der Waals surface area contributed by atoms with Crippen molar-refractivity contribution in [3.8, 4) is 22.8 Å². The topological polar surface area (TPSA) is 142 Å². The molecule has 0 aliphatic heterocycles. The molecule has 0 bridgehead atoms. The summed E-state index contributed by atoms with van der Waals surface area (Å²) < 4.78 is 19.8. The molecule has 1 aromatic carbocycles. The minimum Gasteiger partial charge on any atom is -0.507 e. The van der Waals surface area contributed by atoms with Crippen molar-refractivity contribution >= 4 is 22.7 Å². The lowest BCUT2D eigenvalue weighted by atomic mass is 10.0. The van der Waals surface area contributed by atoms with Gasteiger partial charge in [0.15, 0.2) is 0 Å². The molecule has 1 heterocycles. The van der Waals surface area contributed by atoms with E-state index >= 15 is 0 Å². The molecule has 10 heteroatoms. The van der Waals surface area contributed by atoms with Crippen molar-refractivity contribution in [2.24, 2.45) is 5.73 Å². The predicted molar refractivity (Wildman–Crippen MR) is 106 cm³/mol. The Labute approximate surface area is 171 Å². The molecule has 6 N–H and O–H groups in total. The molecule has 0 radical (unpaired) electrons. The molecule has 1 amide bonds. The molecule has 1 atom stereocenters. The van der Waals surface area contributed by atoms with Crippen LogP contribution in [0.4, 0.5) is 4.39 Å². The number of amides is 1. The van der Waals surface area contributed by atoms with Gasteiger partial charge in [-0.15, -0.1) is 0 Å². The van der Waals surface area contributed by atoms with E-state index in [2.05, 4.69) is 10.3 Å². The number of benzene rings is 1. The Morgan fingerprint density at radius 2 is 2.07 bits per heavy atom. The van der Waals surface area contributed by atoms with Gasteiger partial charge < -0.3 is 26.0 Å². The second-order valence-electron chi connectivity index (χ2n) is 6.14. The second-order valence-corrected chi connectivity index (χ2v) is 6.51. The summed E-state index contributed by atoms with van der Waals surface area (Å²) in [4.78, 5) is 16.6. The summed E-state index contributed by atoms with van der Waals surface area (Å²) >= 11 is 5.57. The minimum absolute atomic E-state index is 0.0722. The number of aromatic nitrogens is 1. The number of carbonyl (C=O) groups excluding carboxylic acids is 1. The average molecular weight is 423 g/mol. The average Bonchev–Trinajstić information content (AvgIpc) is 2.66. The lowest BCUT2D eigenvalue weighted by Crippen LogP contribution is -2.28. The van der Waals surface area contributed by atoms with Crippen molar-refractivity contribution in [1.82, 2.24) is 10.3 Å². The second kappa shape index (κ2) is 8.89. The highest BCUT2D eigenvalue weighted by Gasteiger charge is 2.21. The lowest BCUT2D eigenvalue weighted by molar-refractivity contribution is 0.0964. The third-order valence-corrected chi connectivity index (χ3v) is 4.15. The van der Waals surface area contributed by atoms with Crippen LogP contribution in [0.3, 0.4) is 0 Å². The number of phenolic OH excluding ortho intramolecular Hbond substituents is 1. The molecule has 0 saturated heterocycles. The normalized spacial score (nSPS) is 12.8. The third-order valence-electron chi connectivity index (χ3n) is 3.96. The SMILES string of the molecule is COc1ccc(-c2cc(O)c(C(=O)NC(C(=N)Cl)=C(C)N)cc2F)nc1C(C)O. The summed E-state index contributed by atoms with van der Waals surface area (Å²) in [7, 11) is 1.41. The monoisotopic (exact) mass is 422 g/mol. The number of nitrogens with one attached hydrogen (secondary N) is 2. The van der Waals surface area contributed by atoms with Crippen LogP contribution in [0.15, 0.2) is 35.7 Å². The first kappa shape index (κ1) is 22.1. The number of aliphatic hydroxyl groups excluding tert-OH is 1. The molecule has 29 heavy (non-hydrogen) atoms. The zero-order valence-electron chi connectivity index (χ0n) is 15.9. The number of ether oxygens (including phenoxy) is 1. The van der Waals surface area contributed by atoms with Gasteiger partial charge in [0.1, 0.15) is 28.2 Å². The van der Waals surface area contributed by atoms with Crippen molar-refractivity contribution in [1.29, 1.82) is 5.41 Å². The summed E-state index contributed by atoms with van der Waals surface area (Å²) in [6.45, 7) is 2.90. The Balaban J connectivity index is 2.47. The van der Waals surface area contributed by atoms with Gasteiger partial charge in [0.25, 0.3) is 5.91 Å². The first-order chi connectivity index (χ1) is 13.6. The fourth-order valence-electron chi connectivity index (χ4n) is 2.53. The number of halogens is 2. The smallest absolute Gasteiger partial charge is 0.259 e. The zero-order valence-corrected chi connectivity index (χ0v) is 16.6.